The summed E-state index contributed by atoms with van der Waals surface area (Å²) < 4.78 is 3.04. The van der Waals surface area contributed by atoms with E-state index < -0.39 is 0 Å². The number of rotatable bonds is 3. The Morgan fingerprint density at radius 3 is 2.35 bits per heavy atom. The van der Waals surface area contributed by atoms with Gasteiger partial charge in [0.25, 0.3) is 0 Å². The molecule has 134 valence electrons. The van der Waals surface area contributed by atoms with Crippen LogP contribution >= 0.6 is 23.7 Å². The zero-order chi connectivity index (χ0) is 17.4. The van der Waals surface area contributed by atoms with Crippen molar-refractivity contribution >= 4 is 50.4 Å². The van der Waals surface area contributed by atoms with Crippen molar-refractivity contribution in [3.05, 3.63) is 65.0 Å². The van der Waals surface area contributed by atoms with Crippen molar-refractivity contribution in [2.24, 2.45) is 4.99 Å². The van der Waals surface area contributed by atoms with Crippen molar-refractivity contribution in [1.82, 2.24) is 4.57 Å². The molecule has 0 fully saturated rings. The standard InChI is InChI=1S/C20H18N2O2S.ClH/c1-13-18(24)16-10-6-5-9-15(16)17-19(13)25-20(22(17)11-12-23)21-14-7-3-2-4-8-14;/h2-10,23-24H,11-12H2,1H3;1H. The third kappa shape index (κ3) is 2.98. The third-order valence-corrected chi connectivity index (χ3v) is 5.54. The summed E-state index contributed by atoms with van der Waals surface area (Å²) in [5, 5.41) is 22.0. The normalized spacial score (nSPS) is 11.8. The lowest BCUT2D eigenvalue weighted by Crippen LogP contribution is -2.16. The number of benzene rings is 3. The Balaban J connectivity index is 0.00000196. The average molecular weight is 387 g/mol. The van der Waals surface area contributed by atoms with Gasteiger partial charge < -0.3 is 14.8 Å². The molecule has 0 bridgehead atoms. The van der Waals surface area contributed by atoms with Gasteiger partial charge in [-0.1, -0.05) is 53.8 Å². The Morgan fingerprint density at radius 1 is 1.00 bits per heavy atom. The van der Waals surface area contributed by atoms with Gasteiger partial charge in [0.1, 0.15) is 5.75 Å². The van der Waals surface area contributed by atoms with Gasteiger partial charge in [-0.25, -0.2) is 4.99 Å². The van der Waals surface area contributed by atoms with Crippen molar-refractivity contribution in [3.8, 4) is 5.75 Å². The molecule has 4 rings (SSSR count). The van der Waals surface area contributed by atoms with Crippen LogP contribution in [-0.4, -0.2) is 21.4 Å². The first-order chi connectivity index (χ1) is 12.2. The van der Waals surface area contributed by atoms with E-state index in [9.17, 15) is 10.2 Å². The molecule has 0 saturated heterocycles. The molecule has 0 aliphatic heterocycles. The number of hydrogen-bond acceptors (Lipinski definition) is 4. The predicted molar refractivity (Wildman–Crippen MR) is 110 cm³/mol. The van der Waals surface area contributed by atoms with Crippen LogP contribution in [-0.2, 0) is 6.54 Å². The van der Waals surface area contributed by atoms with Gasteiger partial charge in [-0.3, -0.25) is 0 Å². The number of aromatic nitrogens is 1. The Labute approximate surface area is 161 Å². The molecule has 1 heterocycles. The summed E-state index contributed by atoms with van der Waals surface area (Å²) in [5.74, 6) is 0.312. The van der Waals surface area contributed by atoms with Crippen LogP contribution in [0.1, 0.15) is 5.56 Å². The van der Waals surface area contributed by atoms with Crippen LogP contribution in [0.5, 0.6) is 5.75 Å². The molecule has 0 atom stereocenters. The number of aromatic hydroxyl groups is 1. The zero-order valence-electron chi connectivity index (χ0n) is 14.2. The van der Waals surface area contributed by atoms with Crippen LogP contribution in [0.15, 0.2) is 59.6 Å². The highest BCUT2D eigenvalue weighted by Gasteiger charge is 2.16. The lowest BCUT2D eigenvalue weighted by atomic mass is 10.0. The number of phenols is 1. The SMILES string of the molecule is Cc1c(O)c2ccccc2c2c1sc(=Nc1ccccc1)n2CCO.Cl. The number of para-hydroxylation sites is 1. The second-order valence-corrected chi connectivity index (χ2v) is 6.88. The highest BCUT2D eigenvalue weighted by Crippen LogP contribution is 2.38. The molecule has 26 heavy (non-hydrogen) atoms. The fourth-order valence-corrected chi connectivity index (χ4v) is 4.34. The Kier molecular flexibility index (Phi) is 5.32. The molecule has 0 radical (unpaired) electrons. The largest absolute Gasteiger partial charge is 0.507 e. The van der Waals surface area contributed by atoms with Gasteiger partial charge in [0.05, 0.1) is 22.5 Å². The molecular formula is C20H19ClN2O2S. The summed E-state index contributed by atoms with van der Waals surface area (Å²) in [5.41, 5.74) is 2.73. The highest BCUT2D eigenvalue weighted by molar-refractivity contribution is 7.16. The molecule has 2 N–H and O–H groups in total. The fourth-order valence-electron chi connectivity index (χ4n) is 3.14. The average Bonchev–Trinajstić information content (AvgIpc) is 2.99. The quantitative estimate of drug-likeness (QED) is 0.544. The van der Waals surface area contributed by atoms with Crippen molar-refractivity contribution in [3.63, 3.8) is 0 Å². The summed E-state index contributed by atoms with van der Waals surface area (Å²) >= 11 is 1.54. The summed E-state index contributed by atoms with van der Waals surface area (Å²) in [6.07, 6.45) is 0. The first kappa shape index (κ1) is 18.5. The minimum absolute atomic E-state index is 0. The summed E-state index contributed by atoms with van der Waals surface area (Å²) in [7, 11) is 0. The van der Waals surface area contributed by atoms with Crippen LogP contribution in [0, 0.1) is 6.92 Å². The molecule has 0 amide bonds. The first-order valence-corrected chi connectivity index (χ1v) is 8.96. The highest BCUT2D eigenvalue weighted by atomic mass is 35.5. The van der Waals surface area contributed by atoms with Crippen LogP contribution in [0.4, 0.5) is 5.69 Å². The molecule has 0 unspecified atom stereocenters. The first-order valence-electron chi connectivity index (χ1n) is 8.15. The van der Waals surface area contributed by atoms with E-state index in [1.165, 1.54) is 11.3 Å². The van der Waals surface area contributed by atoms with Gasteiger partial charge >= 0.3 is 0 Å². The van der Waals surface area contributed by atoms with Crippen molar-refractivity contribution in [2.45, 2.75) is 13.5 Å². The van der Waals surface area contributed by atoms with Crippen molar-refractivity contribution < 1.29 is 10.2 Å². The number of phenolic OH excluding ortho intramolecular Hbond substituents is 1. The zero-order valence-corrected chi connectivity index (χ0v) is 15.8. The number of fused-ring (bicyclic) bond motifs is 3. The van der Waals surface area contributed by atoms with Crippen molar-refractivity contribution in [1.29, 1.82) is 0 Å². The minimum Gasteiger partial charge on any atom is -0.507 e. The molecular weight excluding hydrogens is 368 g/mol. The van der Waals surface area contributed by atoms with Crippen molar-refractivity contribution in [2.75, 3.05) is 6.61 Å². The molecule has 0 aliphatic carbocycles. The third-order valence-electron chi connectivity index (χ3n) is 4.35. The lowest BCUT2D eigenvalue weighted by molar-refractivity contribution is 0.277. The predicted octanol–water partition coefficient (Wildman–Crippen LogP) is 4.52. The van der Waals surface area contributed by atoms with Crippen LogP contribution in [0.2, 0.25) is 0 Å². The number of halogens is 1. The van der Waals surface area contributed by atoms with Gasteiger partial charge in [0, 0.05) is 22.9 Å². The summed E-state index contributed by atoms with van der Waals surface area (Å²) in [6, 6.07) is 17.6. The molecule has 3 aromatic carbocycles. The smallest absolute Gasteiger partial charge is 0.191 e. The number of aliphatic hydroxyl groups excluding tert-OH is 1. The molecule has 1 aromatic heterocycles. The van der Waals surface area contributed by atoms with E-state index in [0.29, 0.717) is 12.3 Å². The van der Waals surface area contributed by atoms with Gasteiger partial charge in [-0.15, -0.1) is 12.4 Å². The fraction of sp³-hybridized carbons (Fsp3) is 0.150. The van der Waals surface area contributed by atoms with Gasteiger partial charge in [-0.05, 0) is 19.1 Å². The minimum atomic E-state index is 0. The molecule has 0 spiro atoms. The molecule has 4 aromatic rings. The second kappa shape index (κ2) is 7.50. The Bertz CT molecular complexity index is 1130. The molecule has 4 nitrogen and oxygen atoms in total. The summed E-state index contributed by atoms with van der Waals surface area (Å²) in [6.45, 7) is 2.41. The lowest BCUT2D eigenvalue weighted by Gasteiger charge is -2.10. The van der Waals surface area contributed by atoms with E-state index >= 15 is 0 Å². The Hall–Kier alpha value is -2.34. The number of aliphatic hydroxyl groups is 1. The number of hydrogen-bond donors (Lipinski definition) is 2. The number of nitrogens with zero attached hydrogens (tertiary/aromatic N) is 2. The van der Waals surface area contributed by atoms with E-state index in [2.05, 4.69) is 0 Å². The molecule has 0 saturated carbocycles. The van der Waals surface area contributed by atoms with E-state index in [-0.39, 0.29) is 19.0 Å². The van der Waals surface area contributed by atoms with E-state index in [4.69, 9.17) is 4.99 Å². The van der Waals surface area contributed by atoms with Gasteiger partial charge in [-0.2, -0.15) is 0 Å². The maximum atomic E-state index is 10.6. The number of thiazole rings is 1. The topological polar surface area (TPSA) is 57.8 Å². The monoisotopic (exact) mass is 386 g/mol. The van der Waals surface area contributed by atoms with E-state index in [1.807, 2.05) is 66.1 Å². The maximum absolute atomic E-state index is 10.6. The van der Waals surface area contributed by atoms with E-state index in [1.54, 1.807) is 0 Å². The van der Waals surface area contributed by atoms with Gasteiger partial charge in [0.15, 0.2) is 4.80 Å². The van der Waals surface area contributed by atoms with Crippen LogP contribution in [0.3, 0.4) is 0 Å². The van der Waals surface area contributed by atoms with Gasteiger partial charge in [0.2, 0.25) is 0 Å². The molecule has 6 heteroatoms. The second-order valence-electron chi connectivity index (χ2n) is 5.90. The number of aryl methyl sites for hydroxylation is 1. The van der Waals surface area contributed by atoms with E-state index in [0.717, 1.165) is 37.0 Å². The Morgan fingerprint density at radius 2 is 1.65 bits per heavy atom. The van der Waals surface area contributed by atoms with Crippen LogP contribution in [0.25, 0.3) is 21.0 Å². The van der Waals surface area contributed by atoms with Crippen LogP contribution < -0.4 is 4.80 Å². The molecule has 0 aliphatic rings. The maximum Gasteiger partial charge on any atom is 0.191 e. The summed E-state index contributed by atoms with van der Waals surface area (Å²) in [4.78, 5) is 5.58.